The van der Waals surface area contributed by atoms with Crippen LogP contribution >= 0.6 is 34.8 Å². The molecule has 1 heterocycles. The Kier molecular flexibility index (Phi) is 4.32. The van der Waals surface area contributed by atoms with Crippen LogP contribution in [-0.4, -0.2) is 15.5 Å². The molecule has 0 fully saturated rings. The van der Waals surface area contributed by atoms with Gasteiger partial charge in [0, 0.05) is 10.6 Å². The Morgan fingerprint density at radius 1 is 1.30 bits per heavy atom. The summed E-state index contributed by atoms with van der Waals surface area (Å²) in [7, 11) is 0. The number of carbonyl (C=O) groups excluding carboxylic acids is 1. The van der Waals surface area contributed by atoms with Crippen molar-refractivity contribution in [3.63, 3.8) is 0 Å². The molecule has 104 valence electrons. The van der Waals surface area contributed by atoms with Crippen LogP contribution in [0.25, 0.3) is 0 Å². The van der Waals surface area contributed by atoms with E-state index in [1.165, 1.54) is 23.0 Å². The van der Waals surface area contributed by atoms with Crippen LogP contribution in [0.1, 0.15) is 15.9 Å². The minimum Gasteiger partial charge on any atom is -0.366 e. The van der Waals surface area contributed by atoms with Gasteiger partial charge in [-0.1, -0.05) is 40.9 Å². The van der Waals surface area contributed by atoms with E-state index in [2.05, 4.69) is 4.98 Å². The van der Waals surface area contributed by atoms with Crippen molar-refractivity contribution in [2.24, 2.45) is 5.73 Å². The van der Waals surface area contributed by atoms with Gasteiger partial charge < -0.3 is 5.73 Å². The van der Waals surface area contributed by atoms with Crippen LogP contribution in [0.4, 0.5) is 0 Å². The van der Waals surface area contributed by atoms with Gasteiger partial charge in [0.15, 0.2) is 5.15 Å². The second kappa shape index (κ2) is 5.83. The summed E-state index contributed by atoms with van der Waals surface area (Å²) in [5.74, 6) is -0.577. The predicted molar refractivity (Wildman–Crippen MR) is 77.6 cm³/mol. The van der Waals surface area contributed by atoms with E-state index in [-0.39, 0.29) is 16.7 Å². The molecule has 1 aromatic carbocycles. The van der Waals surface area contributed by atoms with E-state index in [9.17, 15) is 9.59 Å². The second-order valence-electron chi connectivity index (χ2n) is 3.95. The molecule has 2 N–H and O–H groups in total. The van der Waals surface area contributed by atoms with Crippen LogP contribution in [-0.2, 0) is 6.54 Å². The van der Waals surface area contributed by atoms with Crippen molar-refractivity contribution >= 4 is 40.7 Å². The first kappa shape index (κ1) is 14.8. The third kappa shape index (κ3) is 2.95. The van der Waals surface area contributed by atoms with E-state index in [0.717, 1.165) is 0 Å². The first-order valence-electron chi connectivity index (χ1n) is 5.39. The van der Waals surface area contributed by atoms with Gasteiger partial charge in [-0.15, -0.1) is 0 Å². The molecular formula is C12H8Cl3N3O2. The molecule has 1 aromatic heterocycles. The smallest absolute Gasteiger partial charge is 0.273 e. The zero-order chi connectivity index (χ0) is 14.9. The molecule has 0 unspecified atom stereocenters. The second-order valence-corrected chi connectivity index (χ2v) is 5.10. The summed E-state index contributed by atoms with van der Waals surface area (Å²) in [4.78, 5) is 26.7. The Bertz CT molecular complexity index is 743. The molecule has 8 heteroatoms. The summed E-state index contributed by atoms with van der Waals surface area (Å²) in [6.07, 6.45) is 1.27. The number of primary amides is 1. The lowest BCUT2D eigenvalue weighted by Gasteiger charge is -2.08. The van der Waals surface area contributed by atoms with Crippen LogP contribution in [0.15, 0.2) is 29.3 Å². The van der Waals surface area contributed by atoms with E-state index in [4.69, 9.17) is 40.5 Å². The summed E-state index contributed by atoms with van der Waals surface area (Å²) in [5.41, 5.74) is 5.59. The summed E-state index contributed by atoms with van der Waals surface area (Å²) in [5, 5.41) is 0.112. The molecule has 2 rings (SSSR count). The zero-order valence-electron chi connectivity index (χ0n) is 9.94. The average Bonchev–Trinajstić information content (AvgIpc) is 2.41. The van der Waals surface area contributed by atoms with Gasteiger partial charge >= 0.3 is 0 Å². The van der Waals surface area contributed by atoms with Gasteiger partial charge in [-0.2, -0.15) is 0 Å². The van der Waals surface area contributed by atoms with E-state index in [1.54, 1.807) is 6.07 Å². The highest BCUT2D eigenvalue weighted by Gasteiger charge is 2.10. The molecule has 1 amide bonds. The maximum atomic E-state index is 11.9. The lowest BCUT2D eigenvalue weighted by Crippen LogP contribution is -2.22. The molecule has 20 heavy (non-hydrogen) atoms. The molecule has 2 aromatic rings. The van der Waals surface area contributed by atoms with Gasteiger partial charge in [0.1, 0.15) is 5.02 Å². The molecular weight excluding hydrogens is 325 g/mol. The van der Waals surface area contributed by atoms with Gasteiger partial charge in [0.25, 0.3) is 5.56 Å². The number of benzene rings is 1. The van der Waals surface area contributed by atoms with Gasteiger partial charge in [-0.25, -0.2) is 4.98 Å². The molecule has 0 aliphatic heterocycles. The van der Waals surface area contributed by atoms with Crippen molar-refractivity contribution < 1.29 is 4.79 Å². The van der Waals surface area contributed by atoms with Crippen molar-refractivity contribution in [1.82, 2.24) is 9.55 Å². The minimum absolute atomic E-state index is 0.0527. The van der Waals surface area contributed by atoms with Crippen LogP contribution in [0.3, 0.4) is 0 Å². The van der Waals surface area contributed by atoms with Crippen LogP contribution in [0, 0.1) is 0 Å². The van der Waals surface area contributed by atoms with Gasteiger partial charge in [-0.3, -0.25) is 14.2 Å². The van der Waals surface area contributed by atoms with Crippen molar-refractivity contribution in [2.45, 2.75) is 6.54 Å². The van der Waals surface area contributed by atoms with Gasteiger partial charge in [0.05, 0.1) is 12.9 Å². The molecule has 0 spiro atoms. The Hall–Kier alpha value is -1.56. The molecule has 0 aliphatic rings. The number of nitrogens with zero attached hydrogens (tertiary/aromatic N) is 2. The summed E-state index contributed by atoms with van der Waals surface area (Å²) in [6.45, 7) is 0.153. The highest BCUT2D eigenvalue weighted by atomic mass is 35.5. The van der Waals surface area contributed by atoms with E-state index < -0.39 is 11.5 Å². The molecule has 0 aliphatic carbocycles. The average molecular weight is 333 g/mol. The first-order valence-corrected chi connectivity index (χ1v) is 6.52. The quantitative estimate of drug-likeness (QED) is 0.876. The Morgan fingerprint density at radius 3 is 2.60 bits per heavy atom. The number of amides is 1. The fourth-order valence-electron chi connectivity index (χ4n) is 1.57. The van der Waals surface area contributed by atoms with Crippen molar-refractivity contribution in [2.75, 3.05) is 0 Å². The van der Waals surface area contributed by atoms with Crippen molar-refractivity contribution in [3.05, 3.63) is 61.2 Å². The lowest BCUT2D eigenvalue weighted by atomic mass is 10.1. The van der Waals surface area contributed by atoms with Gasteiger partial charge in [0.2, 0.25) is 5.91 Å². The maximum absolute atomic E-state index is 11.9. The standard InChI is InChI=1S/C12H8Cl3N3O2/c13-8-3-6(11(16)19)1-2-7(8)4-18-5-17-10(15)9(14)12(18)20/h1-3,5H,4H2,(H2,16,19). The SMILES string of the molecule is NC(=O)c1ccc(Cn2cnc(Cl)c(Cl)c2=O)c(Cl)c1. The Labute approximate surface area is 128 Å². The number of hydrogen-bond acceptors (Lipinski definition) is 3. The predicted octanol–water partition coefficient (Wildman–Crippen LogP) is 2.35. The van der Waals surface area contributed by atoms with E-state index >= 15 is 0 Å². The third-order valence-corrected chi connectivity index (χ3v) is 3.69. The van der Waals surface area contributed by atoms with Crippen LogP contribution < -0.4 is 11.3 Å². The number of carbonyl (C=O) groups is 1. The van der Waals surface area contributed by atoms with Crippen LogP contribution in [0.5, 0.6) is 0 Å². The molecule has 0 atom stereocenters. The number of rotatable bonds is 3. The number of nitrogens with two attached hydrogens (primary N) is 1. The third-order valence-electron chi connectivity index (χ3n) is 2.62. The summed E-state index contributed by atoms with van der Waals surface area (Å²) >= 11 is 17.4. The molecule has 0 saturated carbocycles. The Morgan fingerprint density at radius 2 is 2.00 bits per heavy atom. The van der Waals surface area contributed by atoms with Crippen molar-refractivity contribution in [3.8, 4) is 0 Å². The highest BCUT2D eigenvalue weighted by molar-refractivity contribution is 6.40. The largest absolute Gasteiger partial charge is 0.366 e. The van der Waals surface area contributed by atoms with Gasteiger partial charge in [-0.05, 0) is 17.7 Å². The molecule has 5 nitrogen and oxygen atoms in total. The fraction of sp³-hybridized carbons (Fsp3) is 0.0833. The van der Waals surface area contributed by atoms with E-state index in [0.29, 0.717) is 16.1 Å². The van der Waals surface area contributed by atoms with E-state index in [1.807, 2.05) is 0 Å². The molecule has 0 radical (unpaired) electrons. The number of halogens is 3. The fourth-order valence-corrected chi connectivity index (χ4v) is 2.09. The number of hydrogen-bond donors (Lipinski definition) is 1. The monoisotopic (exact) mass is 331 g/mol. The minimum atomic E-state index is -0.577. The summed E-state index contributed by atoms with van der Waals surface area (Å²) in [6, 6.07) is 4.58. The van der Waals surface area contributed by atoms with Crippen molar-refractivity contribution in [1.29, 1.82) is 0 Å². The molecule has 0 bridgehead atoms. The van der Waals surface area contributed by atoms with Crippen LogP contribution in [0.2, 0.25) is 15.2 Å². The number of aromatic nitrogens is 2. The maximum Gasteiger partial charge on any atom is 0.273 e. The highest BCUT2D eigenvalue weighted by Crippen LogP contribution is 2.19. The summed E-state index contributed by atoms with van der Waals surface area (Å²) < 4.78 is 1.26. The lowest BCUT2D eigenvalue weighted by molar-refractivity contribution is 0.100. The normalized spacial score (nSPS) is 10.6. The first-order chi connectivity index (χ1) is 9.40. The Balaban J connectivity index is 2.38. The molecule has 0 saturated heterocycles. The zero-order valence-corrected chi connectivity index (χ0v) is 12.2. The topological polar surface area (TPSA) is 78.0 Å².